The molecule has 1 atom stereocenters. The van der Waals surface area contributed by atoms with Crippen molar-refractivity contribution in [2.24, 2.45) is 0 Å². The van der Waals surface area contributed by atoms with Gasteiger partial charge in [-0.25, -0.2) is 0 Å². The van der Waals surface area contributed by atoms with Crippen LogP contribution in [0.4, 0.5) is 0 Å². The normalized spacial score (nSPS) is 15.5. The highest BCUT2D eigenvalue weighted by Crippen LogP contribution is 2.14. The Balaban J connectivity index is 1.60. The van der Waals surface area contributed by atoms with Gasteiger partial charge in [-0.3, -0.25) is 14.4 Å². The van der Waals surface area contributed by atoms with Gasteiger partial charge in [-0.1, -0.05) is 42.5 Å². The summed E-state index contributed by atoms with van der Waals surface area (Å²) in [6.45, 7) is 5.80. The lowest BCUT2D eigenvalue weighted by Crippen LogP contribution is -2.53. The van der Waals surface area contributed by atoms with Crippen LogP contribution in [0.25, 0.3) is 0 Å². The molecular weight excluding hydrogens is 354 g/mol. The monoisotopic (exact) mass is 379 g/mol. The number of piperazine rings is 1. The summed E-state index contributed by atoms with van der Waals surface area (Å²) in [5, 5.41) is 2.98. The number of amides is 3. The zero-order valence-electron chi connectivity index (χ0n) is 16.2. The standard InChI is InChI=1S/C22H25N3O3/c1-3-24-13-14-25(22(28)21(24)27)15-17-9-11-19(12-10-17)20(26)23-16(2)18-7-5-4-6-8-18/h4-12,16H,3,13-15H2,1-2H3,(H,23,26). The van der Waals surface area contributed by atoms with E-state index in [1.807, 2.05) is 56.3 Å². The molecule has 3 rings (SSSR count). The molecule has 0 aromatic heterocycles. The quantitative estimate of drug-likeness (QED) is 0.784. The van der Waals surface area contributed by atoms with Gasteiger partial charge in [-0.2, -0.15) is 0 Å². The molecule has 1 heterocycles. The fraction of sp³-hybridized carbons (Fsp3) is 0.318. The average Bonchev–Trinajstić information content (AvgIpc) is 2.72. The second kappa shape index (κ2) is 8.69. The predicted molar refractivity (Wildman–Crippen MR) is 106 cm³/mol. The van der Waals surface area contributed by atoms with Crippen molar-refractivity contribution in [2.75, 3.05) is 19.6 Å². The maximum absolute atomic E-state index is 12.5. The first kappa shape index (κ1) is 19.6. The van der Waals surface area contributed by atoms with Crippen LogP contribution in [0, 0.1) is 0 Å². The minimum atomic E-state index is -0.466. The summed E-state index contributed by atoms with van der Waals surface area (Å²) in [4.78, 5) is 39.8. The molecule has 6 heteroatoms. The molecule has 1 N–H and O–H groups in total. The van der Waals surface area contributed by atoms with Crippen LogP contribution in [0.5, 0.6) is 0 Å². The molecule has 1 unspecified atom stereocenters. The number of benzene rings is 2. The number of carbonyl (C=O) groups is 3. The molecule has 0 aliphatic carbocycles. The van der Waals surface area contributed by atoms with E-state index in [2.05, 4.69) is 5.32 Å². The van der Waals surface area contributed by atoms with Crippen LogP contribution in [0.15, 0.2) is 54.6 Å². The Labute approximate surface area is 165 Å². The topological polar surface area (TPSA) is 69.7 Å². The van der Waals surface area contributed by atoms with Crippen LogP contribution in [0.1, 0.15) is 41.4 Å². The van der Waals surface area contributed by atoms with Gasteiger partial charge in [0, 0.05) is 31.7 Å². The Morgan fingerprint density at radius 3 is 2.21 bits per heavy atom. The van der Waals surface area contributed by atoms with E-state index >= 15 is 0 Å². The van der Waals surface area contributed by atoms with Crippen LogP contribution >= 0.6 is 0 Å². The van der Waals surface area contributed by atoms with Crippen LogP contribution < -0.4 is 5.32 Å². The number of nitrogens with one attached hydrogen (secondary N) is 1. The van der Waals surface area contributed by atoms with Crippen molar-refractivity contribution in [1.29, 1.82) is 0 Å². The first-order valence-corrected chi connectivity index (χ1v) is 9.52. The lowest BCUT2D eigenvalue weighted by Gasteiger charge is -2.33. The van der Waals surface area contributed by atoms with Gasteiger partial charge in [0.1, 0.15) is 0 Å². The molecule has 0 spiro atoms. The highest BCUT2D eigenvalue weighted by molar-refractivity contribution is 6.35. The van der Waals surface area contributed by atoms with Crippen LogP contribution in [0.3, 0.4) is 0 Å². The van der Waals surface area contributed by atoms with E-state index in [1.54, 1.807) is 21.9 Å². The minimum Gasteiger partial charge on any atom is -0.346 e. The SMILES string of the molecule is CCN1CCN(Cc2ccc(C(=O)NC(C)c3ccccc3)cc2)C(=O)C1=O. The first-order valence-electron chi connectivity index (χ1n) is 9.52. The molecule has 1 aliphatic heterocycles. The largest absolute Gasteiger partial charge is 0.346 e. The van der Waals surface area contributed by atoms with Gasteiger partial charge in [0.05, 0.1) is 6.04 Å². The maximum atomic E-state index is 12.5. The van der Waals surface area contributed by atoms with E-state index in [1.165, 1.54) is 0 Å². The van der Waals surface area contributed by atoms with Gasteiger partial charge in [-0.15, -0.1) is 0 Å². The van der Waals surface area contributed by atoms with Gasteiger partial charge in [0.15, 0.2) is 0 Å². The lowest BCUT2D eigenvalue weighted by molar-refractivity contribution is -0.156. The van der Waals surface area contributed by atoms with Crippen molar-refractivity contribution >= 4 is 17.7 Å². The number of hydrogen-bond acceptors (Lipinski definition) is 3. The van der Waals surface area contributed by atoms with E-state index in [0.29, 0.717) is 31.7 Å². The van der Waals surface area contributed by atoms with Crippen molar-refractivity contribution in [1.82, 2.24) is 15.1 Å². The summed E-state index contributed by atoms with van der Waals surface area (Å²) < 4.78 is 0. The molecule has 6 nitrogen and oxygen atoms in total. The van der Waals surface area contributed by atoms with Crippen LogP contribution in [-0.4, -0.2) is 47.2 Å². The van der Waals surface area contributed by atoms with Gasteiger partial charge < -0.3 is 15.1 Å². The Bertz CT molecular complexity index is 849. The highest BCUT2D eigenvalue weighted by Gasteiger charge is 2.31. The Morgan fingerprint density at radius 1 is 0.964 bits per heavy atom. The molecule has 1 fully saturated rings. The zero-order valence-corrected chi connectivity index (χ0v) is 16.2. The molecule has 28 heavy (non-hydrogen) atoms. The lowest BCUT2D eigenvalue weighted by atomic mass is 10.1. The summed E-state index contributed by atoms with van der Waals surface area (Å²) >= 11 is 0. The molecule has 2 aromatic carbocycles. The van der Waals surface area contributed by atoms with Crippen molar-refractivity contribution in [3.05, 3.63) is 71.3 Å². The summed E-state index contributed by atoms with van der Waals surface area (Å²) in [5.41, 5.74) is 2.49. The number of carbonyl (C=O) groups excluding carboxylic acids is 3. The van der Waals surface area contributed by atoms with Crippen molar-refractivity contribution in [2.45, 2.75) is 26.4 Å². The summed E-state index contributed by atoms with van der Waals surface area (Å²) in [7, 11) is 0. The molecule has 0 saturated carbocycles. The maximum Gasteiger partial charge on any atom is 0.312 e. The van der Waals surface area contributed by atoms with E-state index in [9.17, 15) is 14.4 Å². The van der Waals surface area contributed by atoms with Gasteiger partial charge >= 0.3 is 11.8 Å². The fourth-order valence-electron chi connectivity index (χ4n) is 3.25. The molecule has 0 bridgehead atoms. The average molecular weight is 379 g/mol. The van der Waals surface area contributed by atoms with Crippen LogP contribution in [0.2, 0.25) is 0 Å². The highest BCUT2D eigenvalue weighted by atomic mass is 16.2. The van der Waals surface area contributed by atoms with Crippen molar-refractivity contribution in [3.8, 4) is 0 Å². The molecule has 0 radical (unpaired) electrons. The Kier molecular flexibility index (Phi) is 6.09. The zero-order chi connectivity index (χ0) is 20.1. The third kappa shape index (κ3) is 4.39. The second-order valence-corrected chi connectivity index (χ2v) is 6.91. The Hall–Kier alpha value is -3.15. The van der Waals surface area contributed by atoms with Gasteiger partial charge in [-0.05, 0) is 37.1 Å². The molecular formula is C22H25N3O3. The predicted octanol–water partition coefficient (Wildman–Crippen LogP) is 2.37. The van der Waals surface area contributed by atoms with E-state index in [4.69, 9.17) is 0 Å². The summed E-state index contributed by atoms with van der Waals surface area (Å²) in [6, 6.07) is 16.8. The van der Waals surface area contributed by atoms with E-state index < -0.39 is 11.8 Å². The number of rotatable bonds is 6. The first-order chi connectivity index (χ1) is 13.5. The second-order valence-electron chi connectivity index (χ2n) is 6.91. The van der Waals surface area contributed by atoms with Gasteiger partial charge in [0.25, 0.3) is 5.91 Å². The molecule has 1 aliphatic rings. The molecule has 1 saturated heterocycles. The smallest absolute Gasteiger partial charge is 0.312 e. The van der Waals surface area contributed by atoms with Crippen LogP contribution in [-0.2, 0) is 16.1 Å². The minimum absolute atomic E-state index is 0.0909. The molecule has 3 amide bonds. The number of likely N-dealkylation sites (N-methyl/N-ethyl adjacent to an activating group) is 1. The Morgan fingerprint density at radius 2 is 1.57 bits per heavy atom. The molecule has 146 valence electrons. The number of nitrogens with zero attached hydrogens (tertiary/aromatic N) is 2. The summed E-state index contributed by atoms with van der Waals surface area (Å²) in [6.07, 6.45) is 0. The number of hydrogen-bond donors (Lipinski definition) is 1. The fourth-order valence-corrected chi connectivity index (χ4v) is 3.25. The molecule has 2 aromatic rings. The third-order valence-electron chi connectivity index (χ3n) is 5.02. The summed E-state index contributed by atoms with van der Waals surface area (Å²) in [5.74, 6) is -1.06. The van der Waals surface area contributed by atoms with E-state index in [0.717, 1.165) is 11.1 Å². The third-order valence-corrected chi connectivity index (χ3v) is 5.02. The van der Waals surface area contributed by atoms with Crippen molar-refractivity contribution < 1.29 is 14.4 Å². The van der Waals surface area contributed by atoms with Crippen molar-refractivity contribution in [3.63, 3.8) is 0 Å². The van der Waals surface area contributed by atoms with Gasteiger partial charge in [0.2, 0.25) is 0 Å². The van der Waals surface area contributed by atoms with E-state index in [-0.39, 0.29) is 11.9 Å².